The molecular weight excluding hydrogens is 196 g/mol. The summed E-state index contributed by atoms with van der Waals surface area (Å²) in [5, 5.41) is 3.62. The smallest absolute Gasteiger partial charge is 0.0117 e. The second-order valence-electron chi connectivity index (χ2n) is 5.84. The van der Waals surface area contributed by atoms with E-state index in [2.05, 4.69) is 24.1 Å². The van der Waals surface area contributed by atoms with Crippen molar-refractivity contribution < 1.29 is 0 Å². The van der Waals surface area contributed by atoms with Gasteiger partial charge in [0.15, 0.2) is 0 Å². The predicted molar refractivity (Wildman–Crippen MR) is 69.6 cm³/mol. The number of piperidine rings is 1. The van der Waals surface area contributed by atoms with E-state index < -0.39 is 0 Å². The first-order valence-corrected chi connectivity index (χ1v) is 7.25. The van der Waals surface area contributed by atoms with Crippen LogP contribution in [0.4, 0.5) is 0 Å². The summed E-state index contributed by atoms with van der Waals surface area (Å²) < 4.78 is 0. The molecule has 0 bridgehead atoms. The number of nitrogens with zero attached hydrogens (tertiary/aromatic N) is 1. The average molecular weight is 224 g/mol. The maximum atomic E-state index is 3.62. The molecule has 1 saturated heterocycles. The molecule has 0 aromatic carbocycles. The Hall–Kier alpha value is -0.0800. The molecule has 16 heavy (non-hydrogen) atoms. The Labute approximate surface area is 101 Å². The lowest BCUT2D eigenvalue weighted by Crippen LogP contribution is -2.49. The van der Waals surface area contributed by atoms with Crippen molar-refractivity contribution in [3.63, 3.8) is 0 Å². The summed E-state index contributed by atoms with van der Waals surface area (Å²) in [6, 6.07) is 0.768. The van der Waals surface area contributed by atoms with Gasteiger partial charge >= 0.3 is 0 Å². The monoisotopic (exact) mass is 224 g/mol. The molecule has 2 aliphatic rings. The first-order chi connectivity index (χ1) is 7.79. The zero-order valence-electron chi connectivity index (χ0n) is 11.0. The molecule has 2 atom stereocenters. The molecule has 1 heterocycles. The van der Waals surface area contributed by atoms with Gasteiger partial charge in [0.2, 0.25) is 0 Å². The summed E-state index contributed by atoms with van der Waals surface area (Å²) in [6.07, 6.45) is 7.28. The summed E-state index contributed by atoms with van der Waals surface area (Å²) in [7, 11) is 0. The standard InChI is InChI=1S/C14H28N2/c1-3-15-14-8-9-16(10-12(14)2)11-13-6-4-5-7-13/h12-15H,3-11H2,1-2H3. The van der Waals surface area contributed by atoms with Crippen molar-refractivity contribution in [2.75, 3.05) is 26.2 Å². The molecule has 94 valence electrons. The van der Waals surface area contributed by atoms with Gasteiger partial charge in [0, 0.05) is 19.1 Å². The first-order valence-electron chi connectivity index (χ1n) is 7.25. The summed E-state index contributed by atoms with van der Waals surface area (Å²) in [5.74, 6) is 1.85. The van der Waals surface area contributed by atoms with E-state index in [1.165, 1.54) is 51.7 Å². The SMILES string of the molecule is CCNC1CCN(CC2CCCC2)CC1C. The van der Waals surface area contributed by atoms with E-state index in [1.54, 1.807) is 0 Å². The Bertz CT molecular complexity index is 199. The van der Waals surface area contributed by atoms with Gasteiger partial charge in [-0.1, -0.05) is 26.7 Å². The highest BCUT2D eigenvalue weighted by molar-refractivity contribution is 4.84. The van der Waals surface area contributed by atoms with Crippen LogP contribution in [0.5, 0.6) is 0 Å². The Morgan fingerprint density at radius 3 is 2.56 bits per heavy atom. The molecule has 0 amide bonds. The normalized spacial score (nSPS) is 33.4. The Morgan fingerprint density at radius 2 is 1.94 bits per heavy atom. The molecule has 0 radical (unpaired) electrons. The van der Waals surface area contributed by atoms with Crippen molar-refractivity contribution in [3.8, 4) is 0 Å². The van der Waals surface area contributed by atoms with E-state index in [0.29, 0.717) is 0 Å². The summed E-state index contributed by atoms with van der Waals surface area (Å²) in [5.41, 5.74) is 0. The van der Waals surface area contributed by atoms with E-state index in [4.69, 9.17) is 0 Å². The van der Waals surface area contributed by atoms with Gasteiger partial charge in [-0.25, -0.2) is 0 Å². The third-order valence-corrected chi connectivity index (χ3v) is 4.45. The molecule has 2 rings (SSSR count). The molecule has 1 aliphatic heterocycles. The molecular formula is C14H28N2. The van der Waals surface area contributed by atoms with Crippen molar-refractivity contribution in [2.45, 2.75) is 52.0 Å². The lowest BCUT2D eigenvalue weighted by molar-refractivity contribution is 0.130. The molecule has 2 nitrogen and oxygen atoms in total. The molecule has 0 aromatic heterocycles. The highest BCUT2D eigenvalue weighted by atomic mass is 15.1. The highest BCUT2D eigenvalue weighted by Gasteiger charge is 2.27. The van der Waals surface area contributed by atoms with Crippen molar-refractivity contribution in [3.05, 3.63) is 0 Å². The van der Waals surface area contributed by atoms with Gasteiger partial charge in [0.1, 0.15) is 0 Å². The second kappa shape index (κ2) is 6.02. The molecule has 0 spiro atoms. The van der Waals surface area contributed by atoms with Gasteiger partial charge in [-0.3, -0.25) is 0 Å². The fourth-order valence-corrected chi connectivity index (χ4v) is 3.52. The van der Waals surface area contributed by atoms with Gasteiger partial charge in [-0.2, -0.15) is 0 Å². The quantitative estimate of drug-likeness (QED) is 0.789. The van der Waals surface area contributed by atoms with Crippen LogP contribution in [0.1, 0.15) is 46.0 Å². The summed E-state index contributed by atoms with van der Waals surface area (Å²) >= 11 is 0. The summed E-state index contributed by atoms with van der Waals surface area (Å²) in [4.78, 5) is 2.72. The van der Waals surface area contributed by atoms with E-state index in [0.717, 1.165) is 24.4 Å². The Morgan fingerprint density at radius 1 is 1.19 bits per heavy atom. The zero-order chi connectivity index (χ0) is 11.4. The van der Waals surface area contributed by atoms with E-state index >= 15 is 0 Å². The van der Waals surface area contributed by atoms with Crippen LogP contribution in [-0.2, 0) is 0 Å². The third-order valence-electron chi connectivity index (χ3n) is 4.45. The summed E-state index contributed by atoms with van der Waals surface area (Å²) in [6.45, 7) is 9.76. The minimum Gasteiger partial charge on any atom is -0.314 e. The van der Waals surface area contributed by atoms with Crippen LogP contribution in [0.3, 0.4) is 0 Å². The van der Waals surface area contributed by atoms with Crippen LogP contribution in [-0.4, -0.2) is 37.1 Å². The van der Waals surface area contributed by atoms with Gasteiger partial charge in [0.05, 0.1) is 0 Å². The van der Waals surface area contributed by atoms with Crippen molar-refractivity contribution in [2.24, 2.45) is 11.8 Å². The van der Waals surface area contributed by atoms with Crippen molar-refractivity contribution >= 4 is 0 Å². The average Bonchev–Trinajstić information content (AvgIpc) is 2.75. The van der Waals surface area contributed by atoms with E-state index in [9.17, 15) is 0 Å². The largest absolute Gasteiger partial charge is 0.314 e. The van der Waals surface area contributed by atoms with Crippen LogP contribution in [0.2, 0.25) is 0 Å². The first kappa shape index (κ1) is 12.4. The number of hydrogen-bond donors (Lipinski definition) is 1. The molecule has 2 fully saturated rings. The molecule has 1 N–H and O–H groups in total. The van der Waals surface area contributed by atoms with E-state index in [1.807, 2.05) is 0 Å². The van der Waals surface area contributed by atoms with Crippen LogP contribution in [0.15, 0.2) is 0 Å². The van der Waals surface area contributed by atoms with Crippen molar-refractivity contribution in [1.82, 2.24) is 10.2 Å². The predicted octanol–water partition coefficient (Wildman–Crippen LogP) is 2.50. The van der Waals surface area contributed by atoms with Gasteiger partial charge < -0.3 is 10.2 Å². The zero-order valence-corrected chi connectivity index (χ0v) is 11.0. The Kier molecular flexibility index (Phi) is 4.66. The maximum absolute atomic E-state index is 3.62. The van der Waals surface area contributed by atoms with Crippen LogP contribution in [0, 0.1) is 11.8 Å². The maximum Gasteiger partial charge on any atom is 0.0117 e. The lowest BCUT2D eigenvalue weighted by Gasteiger charge is -2.38. The van der Waals surface area contributed by atoms with Crippen molar-refractivity contribution in [1.29, 1.82) is 0 Å². The molecule has 0 aromatic rings. The Balaban J connectivity index is 1.73. The molecule has 2 heteroatoms. The second-order valence-corrected chi connectivity index (χ2v) is 5.84. The fraction of sp³-hybridized carbons (Fsp3) is 1.00. The van der Waals surface area contributed by atoms with Crippen LogP contribution >= 0.6 is 0 Å². The fourth-order valence-electron chi connectivity index (χ4n) is 3.52. The molecule has 1 saturated carbocycles. The highest BCUT2D eigenvalue weighted by Crippen LogP contribution is 2.27. The number of likely N-dealkylation sites (tertiary alicyclic amines) is 1. The number of nitrogens with one attached hydrogen (secondary N) is 1. The number of hydrogen-bond acceptors (Lipinski definition) is 2. The van der Waals surface area contributed by atoms with Crippen LogP contribution in [0.25, 0.3) is 0 Å². The topological polar surface area (TPSA) is 15.3 Å². The van der Waals surface area contributed by atoms with E-state index in [-0.39, 0.29) is 0 Å². The molecule has 1 aliphatic carbocycles. The van der Waals surface area contributed by atoms with Gasteiger partial charge in [-0.15, -0.1) is 0 Å². The lowest BCUT2D eigenvalue weighted by atomic mass is 9.93. The number of rotatable bonds is 4. The molecule has 2 unspecified atom stereocenters. The third kappa shape index (κ3) is 3.21. The van der Waals surface area contributed by atoms with Gasteiger partial charge in [-0.05, 0) is 44.2 Å². The minimum absolute atomic E-state index is 0.768. The van der Waals surface area contributed by atoms with Gasteiger partial charge in [0.25, 0.3) is 0 Å². The van der Waals surface area contributed by atoms with Crippen LogP contribution < -0.4 is 5.32 Å². The minimum atomic E-state index is 0.768.